The third-order valence-electron chi connectivity index (χ3n) is 5.18. The van der Waals surface area contributed by atoms with Crippen LogP contribution < -0.4 is 14.8 Å². The molecule has 0 aliphatic rings. The SMILES string of the molecule is CC[C@H](C)NC(=O)c1cccnc1Oc1cccc(NS(=O)(=O)c2ccc(CC(C)C)cc2)c1. The van der Waals surface area contributed by atoms with Crippen molar-refractivity contribution in [2.75, 3.05) is 4.72 Å². The molecule has 0 fully saturated rings. The molecule has 0 saturated heterocycles. The van der Waals surface area contributed by atoms with E-state index in [-0.39, 0.29) is 22.7 Å². The number of hydrogen-bond donors (Lipinski definition) is 2. The molecule has 3 aromatic rings. The zero-order chi connectivity index (χ0) is 24.7. The number of rotatable bonds is 10. The van der Waals surface area contributed by atoms with Crippen LogP contribution in [0.25, 0.3) is 0 Å². The molecule has 0 aliphatic heterocycles. The van der Waals surface area contributed by atoms with Gasteiger partial charge in [-0.2, -0.15) is 0 Å². The first-order valence-electron chi connectivity index (χ1n) is 11.3. The molecule has 0 unspecified atom stereocenters. The number of pyridine rings is 1. The molecular weight excluding hydrogens is 450 g/mol. The first kappa shape index (κ1) is 25.2. The summed E-state index contributed by atoms with van der Waals surface area (Å²) in [5.41, 5.74) is 1.73. The summed E-state index contributed by atoms with van der Waals surface area (Å²) in [6, 6.07) is 16.7. The van der Waals surface area contributed by atoms with Crippen molar-refractivity contribution in [2.45, 2.75) is 51.5 Å². The van der Waals surface area contributed by atoms with Crippen molar-refractivity contribution in [3.63, 3.8) is 0 Å². The van der Waals surface area contributed by atoms with Gasteiger partial charge < -0.3 is 10.1 Å². The second kappa shape index (κ2) is 11.2. The second-order valence-corrected chi connectivity index (χ2v) is 10.3. The summed E-state index contributed by atoms with van der Waals surface area (Å²) in [7, 11) is -3.77. The summed E-state index contributed by atoms with van der Waals surface area (Å²) < 4.78 is 34.2. The predicted molar refractivity (Wildman–Crippen MR) is 134 cm³/mol. The molecule has 0 spiro atoms. The number of ether oxygens (including phenoxy) is 1. The van der Waals surface area contributed by atoms with Gasteiger partial charge in [0.25, 0.3) is 15.9 Å². The Labute approximate surface area is 201 Å². The largest absolute Gasteiger partial charge is 0.438 e. The molecule has 180 valence electrons. The van der Waals surface area contributed by atoms with Gasteiger partial charge in [-0.15, -0.1) is 0 Å². The fourth-order valence-electron chi connectivity index (χ4n) is 3.27. The van der Waals surface area contributed by atoms with Crippen molar-refractivity contribution in [2.24, 2.45) is 5.92 Å². The Balaban J connectivity index is 1.76. The lowest BCUT2D eigenvalue weighted by atomic mass is 10.0. The van der Waals surface area contributed by atoms with Crippen LogP contribution in [-0.4, -0.2) is 25.4 Å². The van der Waals surface area contributed by atoms with E-state index in [9.17, 15) is 13.2 Å². The van der Waals surface area contributed by atoms with E-state index in [1.807, 2.05) is 26.0 Å². The van der Waals surface area contributed by atoms with E-state index in [4.69, 9.17) is 4.74 Å². The monoisotopic (exact) mass is 481 g/mol. The van der Waals surface area contributed by atoms with E-state index in [2.05, 4.69) is 28.9 Å². The average Bonchev–Trinajstić information content (AvgIpc) is 2.79. The fraction of sp³-hybridized carbons (Fsp3) is 0.308. The molecule has 1 atom stereocenters. The molecule has 1 aromatic heterocycles. The Hall–Kier alpha value is -3.39. The zero-order valence-electron chi connectivity index (χ0n) is 19.9. The second-order valence-electron chi connectivity index (χ2n) is 8.62. The number of hydrogen-bond acceptors (Lipinski definition) is 5. The lowest BCUT2D eigenvalue weighted by Crippen LogP contribution is -2.32. The number of carbonyl (C=O) groups is 1. The number of aromatic nitrogens is 1. The van der Waals surface area contributed by atoms with Gasteiger partial charge >= 0.3 is 0 Å². The lowest BCUT2D eigenvalue weighted by Gasteiger charge is -2.14. The molecule has 2 aromatic carbocycles. The van der Waals surface area contributed by atoms with Gasteiger partial charge in [0.1, 0.15) is 11.3 Å². The summed E-state index contributed by atoms with van der Waals surface area (Å²) in [5.74, 6) is 0.701. The molecule has 7 nitrogen and oxygen atoms in total. The Kier molecular flexibility index (Phi) is 8.28. The molecule has 0 aliphatic carbocycles. The third kappa shape index (κ3) is 6.81. The van der Waals surface area contributed by atoms with Crippen LogP contribution in [0.4, 0.5) is 5.69 Å². The maximum atomic E-state index is 12.9. The van der Waals surface area contributed by atoms with Crippen LogP contribution in [0.3, 0.4) is 0 Å². The Morgan fingerprint density at radius 3 is 2.44 bits per heavy atom. The highest BCUT2D eigenvalue weighted by Crippen LogP contribution is 2.27. The maximum absolute atomic E-state index is 12.9. The van der Waals surface area contributed by atoms with E-state index in [1.54, 1.807) is 48.5 Å². The van der Waals surface area contributed by atoms with Gasteiger partial charge in [-0.3, -0.25) is 9.52 Å². The number of anilines is 1. The molecule has 34 heavy (non-hydrogen) atoms. The van der Waals surface area contributed by atoms with Crippen molar-refractivity contribution in [1.29, 1.82) is 0 Å². The van der Waals surface area contributed by atoms with Crippen molar-refractivity contribution in [1.82, 2.24) is 10.3 Å². The van der Waals surface area contributed by atoms with Crippen molar-refractivity contribution < 1.29 is 17.9 Å². The van der Waals surface area contributed by atoms with Gasteiger partial charge in [0.2, 0.25) is 5.88 Å². The van der Waals surface area contributed by atoms with Gasteiger partial charge in [0, 0.05) is 18.3 Å². The zero-order valence-corrected chi connectivity index (χ0v) is 20.7. The number of sulfonamides is 1. The smallest absolute Gasteiger partial charge is 0.261 e. The van der Waals surface area contributed by atoms with Gasteiger partial charge in [-0.25, -0.2) is 13.4 Å². The van der Waals surface area contributed by atoms with Gasteiger partial charge in [0.05, 0.1) is 10.6 Å². The summed E-state index contributed by atoms with van der Waals surface area (Å²) in [4.78, 5) is 17.0. The molecule has 8 heteroatoms. The highest BCUT2D eigenvalue weighted by molar-refractivity contribution is 7.92. The van der Waals surface area contributed by atoms with E-state index < -0.39 is 10.0 Å². The summed E-state index contributed by atoms with van der Waals surface area (Å²) in [5, 5.41) is 2.90. The van der Waals surface area contributed by atoms with Crippen LogP contribution in [0.15, 0.2) is 71.8 Å². The quantitative estimate of drug-likeness (QED) is 0.404. The third-order valence-corrected chi connectivity index (χ3v) is 6.58. The molecule has 2 N–H and O–H groups in total. The summed E-state index contributed by atoms with van der Waals surface area (Å²) in [6.07, 6.45) is 3.22. The topological polar surface area (TPSA) is 97.4 Å². The van der Waals surface area contributed by atoms with Crippen LogP contribution in [0.1, 0.15) is 50.0 Å². The van der Waals surface area contributed by atoms with E-state index in [0.29, 0.717) is 22.9 Å². The van der Waals surface area contributed by atoms with E-state index in [0.717, 1.165) is 18.4 Å². The van der Waals surface area contributed by atoms with Crippen molar-refractivity contribution in [3.05, 3.63) is 78.0 Å². The molecule has 1 amide bonds. The fourth-order valence-corrected chi connectivity index (χ4v) is 4.32. The lowest BCUT2D eigenvalue weighted by molar-refractivity contribution is 0.0936. The van der Waals surface area contributed by atoms with Crippen LogP contribution >= 0.6 is 0 Å². The van der Waals surface area contributed by atoms with Crippen LogP contribution in [0.2, 0.25) is 0 Å². The van der Waals surface area contributed by atoms with Crippen LogP contribution in [-0.2, 0) is 16.4 Å². The van der Waals surface area contributed by atoms with E-state index >= 15 is 0 Å². The van der Waals surface area contributed by atoms with Crippen LogP contribution in [0, 0.1) is 5.92 Å². The molecule has 3 rings (SSSR count). The minimum atomic E-state index is -3.77. The number of benzene rings is 2. The standard InChI is InChI=1S/C26H31N3O4S/c1-5-19(4)28-25(30)24-10-7-15-27-26(24)33-22-9-6-8-21(17-22)29-34(31,32)23-13-11-20(12-14-23)16-18(2)3/h6-15,17-19,29H,5,16H2,1-4H3,(H,28,30)/t19-/m0/s1. The summed E-state index contributed by atoms with van der Waals surface area (Å²) >= 11 is 0. The van der Waals surface area contributed by atoms with Crippen molar-refractivity contribution >= 4 is 21.6 Å². The van der Waals surface area contributed by atoms with Gasteiger partial charge in [-0.05, 0) is 67.6 Å². The Morgan fingerprint density at radius 2 is 1.76 bits per heavy atom. The van der Waals surface area contributed by atoms with Crippen LogP contribution in [0.5, 0.6) is 11.6 Å². The molecule has 1 heterocycles. The molecule has 0 bridgehead atoms. The van der Waals surface area contributed by atoms with E-state index in [1.165, 1.54) is 6.20 Å². The maximum Gasteiger partial charge on any atom is 0.261 e. The highest BCUT2D eigenvalue weighted by Gasteiger charge is 2.17. The number of amides is 1. The highest BCUT2D eigenvalue weighted by atomic mass is 32.2. The number of nitrogens with one attached hydrogen (secondary N) is 2. The molecular formula is C26H31N3O4S. The minimum Gasteiger partial charge on any atom is -0.438 e. The minimum absolute atomic E-state index is 0.0118. The van der Waals surface area contributed by atoms with Gasteiger partial charge in [0.15, 0.2) is 0 Å². The predicted octanol–water partition coefficient (Wildman–Crippen LogP) is 5.40. The van der Waals surface area contributed by atoms with Crippen molar-refractivity contribution in [3.8, 4) is 11.6 Å². The number of nitrogens with zero attached hydrogens (tertiary/aromatic N) is 1. The molecule has 0 saturated carbocycles. The first-order chi connectivity index (χ1) is 16.2. The summed E-state index contributed by atoms with van der Waals surface area (Å²) in [6.45, 7) is 8.14. The Bertz CT molecular complexity index is 1220. The van der Waals surface area contributed by atoms with Gasteiger partial charge in [-0.1, -0.05) is 39.0 Å². The Morgan fingerprint density at radius 1 is 1.03 bits per heavy atom. The number of carbonyl (C=O) groups excluding carboxylic acids is 1. The average molecular weight is 482 g/mol. The first-order valence-corrected chi connectivity index (χ1v) is 12.8. The molecule has 0 radical (unpaired) electrons. The normalized spacial score (nSPS) is 12.3.